The van der Waals surface area contributed by atoms with Crippen LogP contribution in [0.15, 0.2) is 0 Å². The van der Waals surface area contributed by atoms with Crippen LogP contribution < -0.4 is 5.32 Å². The fourth-order valence-corrected chi connectivity index (χ4v) is 3.69. The summed E-state index contributed by atoms with van der Waals surface area (Å²) in [5.41, 5.74) is 0. The van der Waals surface area contributed by atoms with Crippen molar-refractivity contribution in [2.75, 3.05) is 19.6 Å². The van der Waals surface area contributed by atoms with Gasteiger partial charge < -0.3 is 5.32 Å². The highest BCUT2D eigenvalue weighted by molar-refractivity contribution is 4.86. The normalized spacial score (nSPS) is 29.8. The topological polar surface area (TPSA) is 15.3 Å². The van der Waals surface area contributed by atoms with E-state index in [1.165, 1.54) is 58.2 Å². The molecule has 2 nitrogen and oxygen atoms in total. The van der Waals surface area contributed by atoms with Crippen LogP contribution >= 0.6 is 0 Å². The van der Waals surface area contributed by atoms with Crippen molar-refractivity contribution in [3.05, 3.63) is 0 Å². The molecule has 16 heavy (non-hydrogen) atoms. The van der Waals surface area contributed by atoms with Gasteiger partial charge in [0.2, 0.25) is 0 Å². The van der Waals surface area contributed by atoms with E-state index in [4.69, 9.17) is 0 Å². The van der Waals surface area contributed by atoms with Gasteiger partial charge in [0.05, 0.1) is 0 Å². The summed E-state index contributed by atoms with van der Waals surface area (Å²) in [6.45, 7) is 8.46. The molecule has 2 aliphatic rings. The summed E-state index contributed by atoms with van der Waals surface area (Å²) >= 11 is 0. The lowest BCUT2D eigenvalue weighted by molar-refractivity contribution is 0.0983. The SMILES string of the molecule is CCN(C1CCNC1)C(C)C1CCCCC1. The summed E-state index contributed by atoms with van der Waals surface area (Å²) in [5, 5.41) is 3.50. The molecule has 0 spiro atoms. The van der Waals surface area contributed by atoms with Crippen molar-refractivity contribution in [2.24, 2.45) is 5.92 Å². The molecule has 94 valence electrons. The molecule has 2 atom stereocenters. The fourth-order valence-electron chi connectivity index (χ4n) is 3.69. The lowest BCUT2D eigenvalue weighted by Crippen LogP contribution is -2.46. The molecule has 1 saturated heterocycles. The maximum Gasteiger partial charge on any atom is 0.0235 e. The average molecular weight is 224 g/mol. The Balaban J connectivity index is 1.90. The van der Waals surface area contributed by atoms with Crippen LogP contribution in [0.1, 0.15) is 52.4 Å². The number of hydrogen-bond acceptors (Lipinski definition) is 2. The van der Waals surface area contributed by atoms with E-state index in [0.717, 1.165) is 18.0 Å². The molecule has 0 amide bonds. The van der Waals surface area contributed by atoms with Crippen molar-refractivity contribution in [2.45, 2.75) is 64.5 Å². The Labute approximate surface area is 101 Å². The third-order valence-corrected chi connectivity index (χ3v) is 4.72. The number of rotatable bonds is 4. The zero-order chi connectivity index (χ0) is 11.4. The predicted molar refractivity (Wildman–Crippen MR) is 69.7 cm³/mol. The van der Waals surface area contributed by atoms with E-state index in [0.29, 0.717) is 0 Å². The molecule has 1 N–H and O–H groups in total. The van der Waals surface area contributed by atoms with Gasteiger partial charge in [0.15, 0.2) is 0 Å². The molecule has 0 radical (unpaired) electrons. The number of hydrogen-bond donors (Lipinski definition) is 1. The van der Waals surface area contributed by atoms with Crippen molar-refractivity contribution >= 4 is 0 Å². The van der Waals surface area contributed by atoms with Gasteiger partial charge in [0, 0.05) is 18.6 Å². The quantitative estimate of drug-likeness (QED) is 0.790. The van der Waals surface area contributed by atoms with E-state index >= 15 is 0 Å². The van der Waals surface area contributed by atoms with Crippen molar-refractivity contribution in [3.8, 4) is 0 Å². The van der Waals surface area contributed by atoms with Crippen molar-refractivity contribution in [1.82, 2.24) is 10.2 Å². The van der Waals surface area contributed by atoms with E-state index in [9.17, 15) is 0 Å². The number of nitrogens with one attached hydrogen (secondary N) is 1. The van der Waals surface area contributed by atoms with E-state index in [1.54, 1.807) is 0 Å². The van der Waals surface area contributed by atoms with Gasteiger partial charge >= 0.3 is 0 Å². The summed E-state index contributed by atoms with van der Waals surface area (Å²) in [7, 11) is 0. The molecule has 2 fully saturated rings. The third-order valence-electron chi connectivity index (χ3n) is 4.72. The van der Waals surface area contributed by atoms with Crippen LogP contribution in [0.25, 0.3) is 0 Å². The minimum Gasteiger partial charge on any atom is -0.315 e. The Morgan fingerprint density at radius 1 is 1.19 bits per heavy atom. The summed E-state index contributed by atoms with van der Waals surface area (Å²) in [6.07, 6.45) is 8.70. The maximum atomic E-state index is 3.50. The first-order valence-corrected chi connectivity index (χ1v) is 7.29. The van der Waals surface area contributed by atoms with Gasteiger partial charge in [-0.2, -0.15) is 0 Å². The van der Waals surface area contributed by atoms with E-state index < -0.39 is 0 Å². The number of likely N-dealkylation sites (N-methyl/N-ethyl adjacent to an activating group) is 1. The van der Waals surface area contributed by atoms with Gasteiger partial charge in [-0.1, -0.05) is 26.2 Å². The molecule has 1 saturated carbocycles. The van der Waals surface area contributed by atoms with Crippen LogP contribution in [0.5, 0.6) is 0 Å². The fraction of sp³-hybridized carbons (Fsp3) is 1.00. The van der Waals surface area contributed by atoms with Gasteiger partial charge in [0.1, 0.15) is 0 Å². The van der Waals surface area contributed by atoms with Crippen molar-refractivity contribution in [3.63, 3.8) is 0 Å². The maximum absolute atomic E-state index is 3.50. The first-order chi connectivity index (χ1) is 7.83. The molecule has 2 heteroatoms. The minimum absolute atomic E-state index is 0.801. The predicted octanol–water partition coefficient (Wildman–Crippen LogP) is 2.64. The highest BCUT2D eigenvalue weighted by Crippen LogP contribution is 2.30. The summed E-state index contributed by atoms with van der Waals surface area (Å²) in [4.78, 5) is 2.76. The summed E-state index contributed by atoms with van der Waals surface area (Å²) < 4.78 is 0. The summed E-state index contributed by atoms with van der Waals surface area (Å²) in [6, 6.07) is 1.61. The second-order valence-electron chi connectivity index (χ2n) is 5.62. The first kappa shape index (κ1) is 12.4. The van der Waals surface area contributed by atoms with Gasteiger partial charge in [0.25, 0.3) is 0 Å². The van der Waals surface area contributed by atoms with E-state index in [1.807, 2.05) is 0 Å². The molecule has 1 aliphatic carbocycles. The Hall–Kier alpha value is -0.0800. The van der Waals surface area contributed by atoms with Crippen LogP contribution in [0.2, 0.25) is 0 Å². The van der Waals surface area contributed by atoms with E-state index in [-0.39, 0.29) is 0 Å². The zero-order valence-corrected chi connectivity index (χ0v) is 11.0. The van der Waals surface area contributed by atoms with Gasteiger partial charge in [-0.05, 0) is 45.2 Å². The first-order valence-electron chi connectivity index (χ1n) is 7.29. The molecule has 1 aliphatic heterocycles. The molecular weight excluding hydrogens is 196 g/mol. The zero-order valence-electron chi connectivity index (χ0n) is 11.0. The number of nitrogens with zero attached hydrogens (tertiary/aromatic N) is 1. The smallest absolute Gasteiger partial charge is 0.0235 e. The molecule has 0 aromatic rings. The molecule has 2 rings (SSSR count). The monoisotopic (exact) mass is 224 g/mol. The van der Waals surface area contributed by atoms with Crippen LogP contribution in [0.3, 0.4) is 0 Å². The molecule has 0 aromatic carbocycles. The molecule has 0 aromatic heterocycles. The lowest BCUT2D eigenvalue weighted by Gasteiger charge is -2.39. The Kier molecular flexibility index (Phi) is 4.66. The van der Waals surface area contributed by atoms with Crippen molar-refractivity contribution in [1.29, 1.82) is 0 Å². The Morgan fingerprint density at radius 2 is 1.94 bits per heavy atom. The third kappa shape index (κ3) is 2.78. The van der Waals surface area contributed by atoms with Crippen LogP contribution in [0, 0.1) is 5.92 Å². The largest absolute Gasteiger partial charge is 0.315 e. The summed E-state index contributed by atoms with van der Waals surface area (Å²) in [5.74, 6) is 0.967. The van der Waals surface area contributed by atoms with Gasteiger partial charge in [-0.15, -0.1) is 0 Å². The molecular formula is C14H28N2. The Bertz CT molecular complexity index is 193. The highest BCUT2D eigenvalue weighted by atomic mass is 15.2. The minimum atomic E-state index is 0.801. The molecule has 0 bridgehead atoms. The van der Waals surface area contributed by atoms with Crippen LogP contribution in [-0.2, 0) is 0 Å². The highest BCUT2D eigenvalue weighted by Gasteiger charge is 2.30. The molecule has 1 heterocycles. The average Bonchev–Trinajstić information content (AvgIpc) is 2.85. The standard InChI is InChI=1S/C14H28N2/c1-3-16(14-9-10-15-11-14)12(2)13-7-5-4-6-8-13/h12-15H,3-11H2,1-2H3. The second kappa shape index (κ2) is 6.02. The van der Waals surface area contributed by atoms with E-state index in [2.05, 4.69) is 24.1 Å². The molecule has 2 unspecified atom stereocenters. The lowest BCUT2D eigenvalue weighted by atomic mass is 9.83. The van der Waals surface area contributed by atoms with Gasteiger partial charge in [-0.25, -0.2) is 0 Å². The van der Waals surface area contributed by atoms with Crippen LogP contribution in [0.4, 0.5) is 0 Å². The van der Waals surface area contributed by atoms with Gasteiger partial charge in [-0.3, -0.25) is 4.90 Å². The van der Waals surface area contributed by atoms with Crippen molar-refractivity contribution < 1.29 is 0 Å². The Morgan fingerprint density at radius 3 is 2.50 bits per heavy atom. The van der Waals surface area contributed by atoms with Crippen LogP contribution in [-0.4, -0.2) is 36.6 Å². The second-order valence-corrected chi connectivity index (χ2v) is 5.62.